The average Bonchev–Trinajstić information content (AvgIpc) is 2.48. The Balaban J connectivity index is 2.39. The minimum Gasteiger partial charge on any atom is -0.458 e. The van der Waals surface area contributed by atoms with Crippen molar-refractivity contribution in [2.75, 3.05) is 5.32 Å². The van der Waals surface area contributed by atoms with E-state index in [0.29, 0.717) is 0 Å². The summed E-state index contributed by atoms with van der Waals surface area (Å²) in [5, 5.41) is 2.76. The molecule has 1 aliphatic rings. The lowest BCUT2D eigenvalue weighted by atomic mass is 9.86. The summed E-state index contributed by atoms with van der Waals surface area (Å²) in [5.41, 5.74) is 2.88. The first-order chi connectivity index (χ1) is 8.79. The molecule has 1 N–H and O–H groups in total. The Morgan fingerprint density at radius 3 is 2.58 bits per heavy atom. The lowest BCUT2D eigenvalue weighted by Crippen LogP contribution is -2.13. The number of rotatable bonds is 2. The molecule has 19 heavy (non-hydrogen) atoms. The fourth-order valence-electron chi connectivity index (χ4n) is 2.72. The first-order valence-electron chi connectivity index (χ1n) is 6.39. The van der Waals surface area contributed by atoms with Crippen molar-refractivity contribution in [3.63, 3.8) is 0 Å². The van der Waals surface area contributed by atoms with E-state index in [0.717, 1.165) is 17.7 Å². The van der Waals surface area contributed by atoms with E-state index in [4.69, 9.17) is 4.74 Å². The predicted octanol–water partition coefficient (Wildman–Crippen LogP) is 2.93. The SMILES string of the molecule is CC(=O)Nc1ccc2c(c1)C(OC(C)=O)CC2(C)C. The van der Waals surface area contributed by atoms with Crippen LogP contribution in [0.2, 0.25) is 0 Å². The van der Waals surface area contributed by atoms with Gasteiger partial charge in [0, 0.05) is 19.5 Å². The summed E-state index contributed by atoms with van der Waals surface area (Å²) in [4.78, 5) is 22.3. The van der Waals surface area contributed by atoms with Crippen LogP contribution in [-0.4, -0.2) is 11.9 Å². The molecule has 0 bridgehead atoms. The molecule has 2 rings (SSSR count). The lowest BCUT2D eigenvalue weighted by Gasteiger charge is -2.18. The number of benzene rings is 1. The standard InChI is InChI=1S/C15H19NO3/c1-9(17)16-11-5-6-13-12(7-11)14(19-10(2)18)8-15(13,3)4/h5-7,14H,8H2,1-4H3,(H,16,17). The van der Waals surface area contributed by atoms with Crippen molar-refractivity contribution in [1.29, 1.82) is 0 Å². The molecule has 1 aliphatic carbocycles. The van der Waals surface area contributed by atoms with Crippen LogP contribution in [0.1, 0.15) is 51.3 Å². The van der Waals surface area contributed by atoms with E-state index >= 15 is 0 Å². The van der Waals surface area contributed by atoms with Crippen molar-refractivity contribution in [3.05, 3.63) is 29.3 Å². The van der Waals surface area contributed by atoms with E-state index in [1.807, 2.05) is 18.2 Å². The smallest absolute Gasteiger partial charge is 0.303 e. The van der Waals surface area contributed by atoms with Gasteiger partial charge in [-0.05, 0) is 35.1 Å². The Labute approximate surface area is 113 Å². The van der Waals surface area contributed by atoms with Crippen LogP contribution >= 0.6 is 0 Å². The van der Waals surface area contributed by atoms with Gasteiger partial charge in [0.25, 0.3) is 0 Å². The molecular formula is C15H19NO3. The Morgan fingerprint density at radius 1 is 1.32 bits per heavy atom. The van der Waals surface area contributed by atoms with E-state index in [2.05, 4.69) is 19.2 Å². The van der Waals surface area contributed by atoms with E-state index in [-0.39, 0.29) is 23.4 Å². The molecule has 0 aromatic heterocycles. The molecule has 1 unspecified atom stereocenters. The monoisotopic (exact) mass is 261 g/mol. The summed E-state index contributed by atoms with van der Waals surface area (Å²) in [5.74, 6) is -0.389. The van der Waals surface area contributed by atoms with Gasteiger partial charge < -0.3 is 10.1 Å². The molecular weight excluding hydrogens is 242 g/mol. The van der Waals surface area contributed by atoms with Crippen LogP contribution in [-0.2, 0) is 19.7 Å². The van der Waals surface area contributed by atoms with Gasteiger partial charge in [-0.25, -0.2) is 0 Å². The Hall–Kier alpha value is -1.84. The molecule has 0 saturated carbocycles. The minimum absolute atomic E-state index is 0.0236. The van der Waals surface area contributed by atoms with Crippen LogP contribution in [0.3, 0.4) is 0 Å². The van der Waals surface area contributed by atoms with Crippen LogP contribution in [0.25, 0.3) is 0 Å². The molecule has 102 valence electrons. The second-order valence-corrected chi connectivity index (χ2v) is 5.67. The van der Waals surface area contributed by atoms with Gasteiger partial charge in [0.1, 0.15) is 6.10 Å². The van der Waals surface area contributed by atoms with Gasteiger partial charge in [-0.3, -0.25) is 9.59 Å². The van der Waals surface area contributed by atoms with E-state index in [9.17, 15) is 9.59 Å². The van der Waals surface area contributed by atoms with E-state index in [1.54, 1.807) is 0 Å². The maximum absolute atomic E-state index is 11.2. The highest BCUT2D eigenvalue weighted by atomic mass is 16.5. The zero-order valence-electron chi connectivity index (χ0n) is 11.7. The fourth-order valence-corrected chi connectivity index (χ4v) is 2.72. The number of nitrogens with one attached hydrogen (secondary N) is 1. The van der Waals surface area contributed by atoms with Crippen molar-refractivity contribution in [1.82, 2.24) is 0 Å². The fraction of sp³-hybridized carbons (Fsp3) is 0.467. The third kappa shape index (κ3) is 2.78. The Bertz CT molecular complexity index is 534. The molecule has 1 aromatic carbocycles. The summed E-state index contributed by atoms with van der Waals surface area (Å²) in [7, 11) is 0. The van der Waals surface area contributed by atoms with Gasteiger partial charge in [0.05, 0.1) is 0 Å². The van der Waals surface area contributed by atoms with Crippen molar-refractivity contribution in [2.45, 2.75) is 45.6 Å². The number of ether oxygens (including phenoxy) is 1. The number of esters is 1. The number of carbonyl (C=O) groups excluding carboxylic acids is 2. The second kappa shape index (κ2) is 4.68. The highest BCUT2D eigenvalue weighted by molar-refractivity contribution is 5.88. The van der Waals surface area contributed by atoms with Gasteiger partial charge in [-0.1, -0.05) is 19.9 Å². The maximum atomic E-state index is 11.2. The largest absolute Gasteiger partial charge is 0.458 e. The number of hydrogen-bond acceptors (Lipinski definition) is 3. The molecule has 0 saturated heterocycles. The molecule has 0 heterocycles. The van der Waals surface area contributed by atoms with Crippen LogP contribution in [0.15, 0.2) is 18.2 Å². The van der Waals surface area contributed by atoms with Crippen molar-refractivity contribution in [2.24, 2.45) is 0 Å². The summed E-state index contributed by atoms with van der Waals surface area (Å²) < 4.78 is 5.38. The summed E-state index contributed by atoms with van der Waals surface area (Å²) >= 11 is 0. The minimum atomic E-state index is -0.279. The first-order valence-corrected chi connectivity index (χ1v) is 6.39. The first kappa shape index (κ1) is 13.6. The second-order valence-electron chi connectivity index (χ2n) is 5.67. The molecule has 0 radical (unpaired) electrons. The summed E-state index contributed by atoms with van der Waals surface area (Å²) in [6, 6.07) is 5.79. The molecule has 0 spiro atoms. The maximum Gasteiger partial charge on any atom is 0.303 e. The van der Waals surface area contributed by atoms with Gasteiger partial charge in [-0.15, -0.1) is 0 Å². The number of hydrogen-bond donors (Lipinski definition) is 1. The van der Waals surface area contributed by atoms with Gasteiger partial charge in [0.15, 0.2) is 0 Å². The molecule has 1 atom stereocenters. The summed E-state index contributed by atoms with van der Waals surface area (Å²) in [6.07, 6.45) is 0.544. The van der Waals surface area contributed by atoms with Crippen molar-refractivity contribution < 1.29 is 14.3 Å². The third-order valence-corrected chi connectivity index (χ3v) is 3.45. The van der Waals surface area contributed by atoms with Crippen LogP contribution in [0.4, 0.5) is 5.69 Å². The summed E-state index contributed by atoms with van der Waals surface area (Å²) in [6.45, 7) is 7.16. The molecule has 0 fully saturated rings. The number of anilines is 1. The van der Waals surface area contributed by atoms with Gasteiger partial charge in [-0.2, -0.15) is 0 Å². The lowest BCUT2D eigenvalue weighted by molar-refractivity contribution is -0.147. The zero-order chi connectivity index (χ0) is 14.2. The predicted molar refractivity (Wildman–Crippen MR) is 72.9 cm³/mol. The quantitative estimate of drug-likeness (QED) is 0.833. The molecule has 1 aromatic rings. The highest BCUT2D eigenvalue weighted by Gasteiger charge is 2.38. The number of fused-ring (bicyclic) bond motifs is 1. The normalized spacial score (nSPS) is 19.7. The average molecular weight is 261 g/mol. The van der Waals surface area contributed by atoms with Crippen LogP contribution < -0.4 is 5.32 Å². The Kier molecular flexibility index (Phi) is 3.35. The van der Waals surface area contributed by atoms with Gasteiger partial charge in [0.2, 0.25) is 5.91 Å². The van der Waals surface area contributed by atoms with Crippen molar-refractivity contribution in [3.8, 4) is 0 Å². The third-order valence-electron chi connectivity index (χ3n) is 3.45. The topological polar surface area (TPSA) is 55.4 Å². The number of amides is 1. The molecule has 4 nitrogen and oxygen atoms in total. The van der Waals surface area contributed by atoms with Gasteiger partial charge >= 0.3 is 5.97 Å². The van der Waals surface area contributed by atoms with Crippen LogP contribution in [0, 0.1) is 0 Å². The number of carbonyl (C=O) groups is 2. The Morgan fingerprint density at radius 2 is 2.00 bits per heavy atom. The van der Waals surface area contributed by atoms with E-state index in [1.165, 1.54) is 19.4 Å². The zero-order valence-corrected chi connectivity index (χ0v) is 11.7. The molecule has 0 aliphatic heterocycles. The van der Waals surface area contributed by atoms with Crippen molar-refractivity contribution >= 4 is 17.6 Å². The molecule has 4 heteroatoms. The highest BCUT2D eigenvalue weighted by Crippen LogP contribution is 2.47. The van der Waals surface area contributed by atoms with E-state index < -0.39 is 0 Å². The molecule has 1 amide bonds. The van der Waals surface area contributed by atoms with Crippen LogP contribution in [0.5, 0.6) is 0 Å².